The summed E-state index contributed by atoms with van der Waals surface area (Å²) in [5.74, 6) is -0.222. The summed E-state index contributed by atoms with van der Waals surface area (Å²) < 4.78 is 0.690. The van der Waals surface area contributed by atoms with E-state index < -0.39 is 6.10 Å². The predicted molar refractivity (Wildman–Crippen MR) is 85.4 cm³/mol. The fourth-order valence-electron chi connectivity index (χ4n) is 2.52. The molecule has 3 rings (SSSR count). The summed E-state index contributed by atoms with van der Waals surface area (Å²) in [4.78, 5) is 12.9. The highest BCUT2D eigenvalue weighted by molar-refractivity contribution is 7.17. The van der Waals surface area contributed by atoms with Gasteiger partial charge in [-0.2, -0.15) is 0 Å². The lowest BCUT2D eigenvalue weighted by molar-refractivity contribution is -0.117. The third kappa shape index (κ3) is 3.18. The number of carbonyl (C=O) groups is 1. The van der Waals surface area contributed by atoms with Gasteiger partial charge in [-0.1, -0.05) is 35.9 Å². The molecule has 0 unspecified atom stereocenters. The molecule has 108 valence electrons. The molecule has 1 aliphatic carbocycles. The van der Waals surface area contributed by atoms with Gasteiger partial charge in [0.25, 0.3) is 0 Å². The first kappa shape index (κ1) is 14.3. The van der Waals surface area contributed by atoms with Crippen LogP contribution in [0.3, 0.4) is 0 Å². The summed E-state index contributed by atoms with van der Waals surface area (Å²) in [5, 5.41) is 13.0. The Bertz CT molecular complexity index is 695. The van der Waals surface area contributed by atoms with Crippen LogP contribution in [0.1, 0.15) is 22.0 Å². The summed E-state index contributed by atoms with van der Waals surface area (Å²) in [6, 6.07) is 11.1. The zero-order valence-electron chi connectivity index (χ0n) is 11.1. The average molecular weight is 320 g/mol. The van der Waals surface area contributed by atoms with Crippen molar-refractivity contribution >= 4 is 34.9 Å². The molecule has 1 aromatic carbocycles. The van der Waals surface area contributed by atoms with Gasteiger partial charge in [0.2, 0.25) is 5.91 Å². The maximum absolute atomic E-state index is 12.0. The number of benzene rings is 1. The lowest BCUT2D eigenvalue weighted by Crippen LogP contribution is -2.32. The zero-order valence-corrected chi connectivity index (χ0v) is 12.7. The molecule has 2 aromatic rings. The normalized spacial score (nSPS) is 20.7. The first-order valence-corrected chi connectivity index (χ1v) is 7.83. The molecule has 1 amide bonds. The van der Waals surface area contributed by atoms with Gasteiger partial charge in [0.15, 0.2) is 0 Å². The van der Waals surface area contributed by atoms with Gasteiger partial charge in [-0.15, -0.1) is 11.3 Å². The van der Waals surface area contributed by atoms with Crippen LogP contribution in [0.5, 0.6) is 0 Å². The molecule has 0 saturated heterocycles. The second-order valence-electron chi connectivity index (χ2n) is 4.93. The van der Waals surface area contributed by atoms with Crippen molar-refractivity contribution in [3.05, 3.63) is 62.8 Å². The van der Waals surface area contributed by atoms with E-state index in [1.807, 2.05) is 30.3 Å². The average Bonchev–Trinajstić information content (AvgIpc) is 3.01. The van der Waals surface area contributed by atoms with E-state index in [0.717, 1.165) is 16.0 Å². The Labute approximate surface area is 131 Å². The van der Waals surface area contributed by atoms with E-state index in [-0.39, 0.29) is 11.9 Å². The third-order valence-corrected chi connectivity index (χ3v) is 4.69. The van der Waals surface area contributed by atoms with Crippen LogP contribution in [-0.2, 0) is 11.2 Å². The smallest absolute Gasteiger partial charge is 0.244 e. The van der Waals surface area contributed by atoms with Gasteiger partial charge in [0, 0.05) is 17.4 Å². The van der Waals surface area contributed by atoms with Gasteiger partial charge in [0.1, 0.15) is 0 Å². The number of amides is 1. The van der Waals surface area contributed by atoms with E-state index in [4.69, 9.17) is 11.6 Å². The SMILES string of the molecule is O=C(/C=C/c1ccc(Cl)s1)N[C@@H]1c2ccccc2C[C@@H]1O. The van der Waals surface area contributed by atoms with Crippen LogP contribution in [0.4, 0.5) is 0 Å². The van der Waals surface area contributed by atoms with Crippen LogP contribution >= 0.6 is 22.9 Å². The molecule has 21 heavy (non-hydrogen) atoms. The number of rotatable bonds is 3. The first-order valence-electron chi connectivity index (χ1n) is 6.63. The minimum absolute atomic E-state index is 0.222. The van der Waals surface area contributed by atoms with E-state index in [1.54, 1.807) is 12.1 Å². The van der Waals surface area contributed by atoms with Crippen molar-refractivity contribution in [2.45, 2.75) is 18.6 Å². The highest BCUT2D eigenvalue weighted by Crippen LogP contribution is 2.31. The number of carbonyl (C=O) groups excluding carboxylic acids is 1. The molecule has 0 saturated carbocycles. The van der Waals surface area contributed by atoms with Crippen LogP contribution < -0.4 is 5.32 Å². The maximum atomic E-state index is 12.0. The molecule has 0 spiro atoms. The molecule has 0 bridgehead atoms. The monoisotopic (exact) mass is 319 g/mol. The Morgan fingerprint density at radius 1 is 1.33 bits per heavy atom. The molecular formula is C16H14ClNO2S. The number of hydrogen-bond donors (Lipinski definition) is 2. The number of aliphatic hydroxyl groups excluding tert-OH is 1. The summed E-state index contributed by atoms with van der Waals surface area (Å²) in [5.41, 5.74) is 2.08. The molecule has 1 aliphatic rings. The number of thiophene rings is 1. The van der Waals surface area contributed by atoms with Gasteiger partial charge in [-0.05, 0) is 29.3 Å². The Kier molecular flexibility index (Phi) is 4.10. The number of hydrogen-bond acceptors (Lipinski definition) is 3. The fourth-order valence-corrected chi connectivity index (χ4v) is 3.49. The number of halogens is 1. The second-order valence-corrected chi connectivity index (χ2v) is 6.68. The topological polar surface area (TPSA) is 49.3 Å². The molecule has 2 atom stereocenters. The first-order chi connectivity index (χ1) is 10.1. The standard InChI is InChI=1S/C16H14ClNO2S/c17-14-7-5-11(21-14)6-8-15(20)18-16-12-4-2-1-3-10(12)9-13(16)19/h1-8,13,16,19H,9H2,(H,18,20)/b8-6+/t13-,16+/m0/s1. The second kappa shape index (κ2) is 6.02. The highest BCUT2D eigenvalue weighted by atomic mass is 35.5. The van der Waals surface area contributed by atoms with Crippen LogP contribution in [0.25, 0.3) is 6.08 Å². The predicted octanol–water partition coefficient (Wildman–Crippen LogP) is 3.19. The van der Waals surface area contributed by atoms with Crippen molar-refractivity contribution < 1.29 is 9.90 Å². The Morgan fingerprint density at radius 3 is 2.90 bits per heavy atom. The van der Waals surface area contributed by atoms with Gasteiger partial charge in [-0.3, -0.25) is 4.79 Å². The summed E-state index contributed by atoms with van der Waals surface area (Å²) in [6.45, 7) is 0. The minimum atomic E-state index is -0.573. The Balaban J connectivity index is 1.69. The van der Waals surface area contributed by atoms with Crippen molar-refractivity contribution in [1.82, 2.24) is 5.32 Å². The lowest BCUT2D eigenvalue weighted by atomic mass is 10.1. The molecule has 0 fully saturated rings. The van der Waals surface area contributed by atoms with E-state index >= 15 is 0 Å². The minimum Gasteiger partial charge on any atom is -0.390 e. The molecule has 1 aromatic heterocycles. The molecular weight excluding hydrogens is 306 g/mol. The fraction of sp³-hybridized carbons (Fsp3) is 0.188. The summed E-state index contributed by atoms with van der Waals surface area (Å²) in [6.07, 6.45) is 3.19. The number of aliphatic hydroxyl groups is 1. The zero-order chi connectivity index (χ0) is 14.8. The van der Waals surface area contributed by atoms with Crippen molar-refractivity contribution in [3.63, 3.8) is 0 Å². The van der Waals surface area contributed by atoms with Crippen molar-refractivity contribution in [2.75, 3.05) is 0 Å². The molecule has 3 nitrogen and oxygen atoms in total. The number of nitrogens with one attached hydrogen (secondary N) is 1. The van der Waals surface area contributed by atoms with Crippen molar-refractivity contribution in [3.8, 4) is 0 Å². The van der Waals surface area contributed by atoms with E-state index in [0.29, 0.717) is 10.8 Å². The van der Waals surface area contributed by atoms with Crippen LogP contribution in [-0.4, -0.2) is 17.1 Å². The summed E-state index contributed by atoms with van der Waals surface area (Å²) in [7, 11) is 0. The van der Waals surface area contributed by atoms with E-state index in [9.17, 15) is 9.90 Å². The quantitative estimate of drug-likeness (QED) is 0.854. The molecule has 2 N–H and O–H groups in total. The van der Waals surface area contributed by atoms with Gasteiger partial charge >= 0.3 is 0 Å². The largest absolute Gasteiger partial charge is 0.390 e. The molecule has 0 radical (unpaired) electrons. The summed E-state index contributed by atoms with van der Waals surface area (Å²) >= 11 is 7.25. The Morgan fingerprint density at radius 2 is 2.14 bits per heavy atom. The van der Waals surface area contributed by atoms with Crippen LogP contribution in [0, 0.1) is 0 Å². The number of fused-ring (bicyclic) bond motifs is 1. The molecule has 5 heteroatoms. The lowest BCUT2D eigenvalue weighted by Gasteiger charge is -2.16. The van der Waals surface area contributed by atoms with Crippen molar-refractivity contribution in [1.29, 1.82) is 0 Å². The van der Waals surface area contributed by atoms with Crippen LogP contribution in [0.2, 0.25) is 4.34 Å². The van der Waals surface area contributed by atoms with Gasteiger partial charge in [0.05, 0.1) is 16.5 Å². The molecule has 0 aliphatic heterocycles. The third-order valence-electron chi connectivity index (χ3n) is 3.49. The van der Waals surface area contributed by atoms with Crippen molar-refractivity contribution in [2.24, 2.45) is 0 Å². The highest BCUT2D eigenvalue weighted by Gasteiger charge is 2.31. The van der Waals surface area contributed by atoms with Gasteiger partial charge in [-0.25, -0.2) is 0 Å². The van der Waals surface area contributed by atoms with Gasteiger partial charge < -0.3 is 10.4 Å². The van der Waals surface area contributed by atoms with Crippen LogP contribution in [0.15, 0.2) is 42.5 Å². The maximum Gasteiger partial charge on any atom is 0.244 e. The van der Waals surface area contributed by atoms with E-state index in [1.165, 1.54) is 17.4 Å². The van der Waals surface area contributed by atoms with E-state index in [2.05, 4.69) is 5.32 Å². The Hall–Kier alpha value is -1.62. The molecule has 1 heterocycles.